The van der Waals surface area contributed by atoms with Gasteiger partial charge in [0.2, 0.25) is 0 Å². The number of aryl methyl sites for hydroxylation is 3. The highest BCUT2D eigenvalue weighted by atomic mass is 16.3. The van der Waals surface area contributed by atoms with Gasteiger partial charge in [0.15, 0.2) is 5.78 Å². The van der Waals surface area contributed by atoms with Crippen molar-refractivity contribution in [2.75, 3.05) is 19.6 Å². The second-order valence-electron chi connectivity index (χ2n) is 12.8. The molecule has 0 bridgehead atoms. The lowest BCUT2D eigenvalue weighted by molar-refractivity contribution is 0.0978. The molecule has 0 radical (unpaired) electrons. The quantitative estimate of drug-likeness (QED) is 0.193. The fourth-order valence-corrected chi connectivity index (χ4v) is 5.61. The Hall–Kier alpha value is -3.37. The molecule has 4 heteroatoms. The molecule has 1 saturated heterocycles. The Balaban J connectivity index is 0.000000324. The molecule has 1 aliphatic heterocycles. The van der Waals surface area contributed by atoms with Crippen molar-refractivity contribution in [1.82, 2.24) is 4.90 Å². The molecule has 1 fully saturated rings. The summed E-state index contributed by atoms with van der Waals surface area (Å²) in [6, 6.07) is 20.9. The van der Waals surface area contributed by atoms with Gasteiger partial charge in [-0.05, 0) is 112 Å². The number of ketones is 1. The fraction of sp³-hybridized carbons (Fsp3) is 0.512. The fourth-order valence-electron chi connectivity index (χ4n) is 5.61. The zero-order chi connectivity index (χ0) is 35.0. The number of allylic oxidation sites excluding steroid dienone is 1. The Morgan fingerprint density at radius 3 is 2.15 bits per heavy atom. The normalized spacial score (nSPS) is 14.0. The van der Waals surface area contributed by atoms with Gasteiger partial charge in [-0.1, -0.05) is 115 Å². The van der Waals surface area contributed by atoms with Gasteiger partial charge in [0.1, 0.15) is 11.5 Å². The summed E-state index contributed by atoms with van der Waals surface area (Å²) in [7, 11) is 0. The number of unbranched alkanes of at least 4 members (excludes halogenated alkanes) is 2. The molecule has 260 valence electrons. The number of aromatic hydroxyl groups is 2. The lowest BCUT2D eigenvalue weighted by Gasteiger charge is -2.31. The second-order valence-corrected chi connectivity index (χ2v) is 12.8. The Kier molecular flexibility index (Phi) is 21.9. The maximum atomic E-state index is 12.1. The van der Waals surface area contributed by atoms with E-state index in [2.05, 4.69) is 71.2 Å². The highest BCUT2D eigenvalue weighted by molar-refractivity contribution is 5.97. The number of piperidine rings is 1. The van der Waals surface area contributed by atoms with Crippen LogP contribution in [-0.2, 0) is 12.8 Å². The van der Waals surface area contributed by atoms with E-state index in [-0.39, 0.29) is 0 Å². The van der Waals surface area contributed by atoms with Crippen LogP contribution in [0, 0.1) is 12.8 Å². The molecule has 0 saturated carbocycles. The summed E-state index contributed by atoms with van der Waals surface area (Å²) in [5.74, 6) is 1.98. The van der Waals surface area contributed by atoms with Gasteiger partial charge in [0, 0.05) is 24.1 Å². The van der Waals surface area contributed by atoms with E-state index in [1.54, 1.807) is 18.2 Å². The standard InChI is InChI=1S/C16H24O.C9H19N.C9H10O.C9H12O/c1-4-6-8-14-11-10-13(3)12-15(14)16(17)9-7-5-2;1-3-9-6-5-7-10(4-2)8-9;1-7(2)8-5-3-4-6-9(8)10;1-2-4-8-5-3-6-9(10)7-8/h10-12H,4-9H2,1-3H3;9H,3-8H2,1-2H3;3-6,10H,1H2,2H3;3,5-7,10H,2,4H2,1H3. The van der Waals surface area contributed by atoms with E-state index in [1.165, 1.54) is 62.0 Å². The van der Waals surface area contributed by atoms with E-state index in [4.69, 9.17) is 5.11 Å². The van der Waals surface area contributed by atoms with Crippen molar-refractivity contribution in [1.29, 1.82) is 0 Å². The summed E-state index contributed by atoms with van der Waals surface area (Å²) in [5.41, 5.74) is 6.30. The molecule has 47 heavy (non-hydrogen) atoms. The van der Waals surface area contributed by atoms with E-state index in [1.807, 2.05) is 37.3 Å². The molecule has 0 aliphatic carbocycles. The number of carbonyl (C=O) groups excluding carboxylic acids is 1. The van der Waals surface area contributed by atoms with Crippen LogP contribution in [0.3, 0.4) is 0 Å². The van der Waals surface area contributed by atoms with Crippen LogP contribution >= 0.6 is 0 Å². The number of hydrogen-bond donors (Lipinski definition) is 2. The van der Waals surface area contributed by atoms with Crippen LogP contribution in [0.2, 0.25) is 0 Å². The minimum atomic E-state index is 0.301. The number of phenolic OH excluding ortho intramolecular Hbond substituents is 2. The van der Waals surface area contributed by atoms with Crippen LogP contribution in [0.1, 0.15) is 132 Å². The molecule has 0 aromatic heterocycles. The molecular weight excluding hydrogens is 578 g/mol. The Bertz CT molecular complexity index is 1290. The third kappa shape index (κ3) is 17.4. The first-order chi connectivity index (χ1) is 22.6. The average Bonchev–Trinajstić information content (AvgIpc) is 3.07. The maximum absolute atomic E-state index is 12.1. The highest BCUT2D eigenvalue weighted by Gasteiger charge is 2.16. The average molecular weight is 644 g/mol. The molecule has 1 aliphatic rings. The molecule has 1 heterocycles. The summed E-state index contributed by atoms with van der Waals surface area (Å²) in [5, 5.41) is 18.3. The van der Waals surface area contributed by atoms with Crippen molar-refractivity contribution >= 4 is 11.4 Å². The van der Waals surface area contributed by atoms with Gasteiger partial charge >= 0.3 is 0 Å². The van der Waals surface area contributed by atoms with E-state index in [0.717, 1.165) is 61.1 Å². The molecule has 4 nitrogen and oxygen atoms in total. The molecule has 0 spiro atoms. The first-order valence-corrected chi connectivity index (χ1v) is 18.2. The maximum Gasteiger partial charge on any atom is 0.163 e. The molecule has 3 aromatic rings. The summed E-state index contributed by atoms with van der Waals surface area (Å²) in [6.45, 7) is 22.6. The van der Waals surface area contributed by atoms with Crippen LogP contribution in [-0.4, -0.2) is 40.5 Å². The number of para-hydroxylation sites is 1. The van der Waals surface area contributed by atoms with Crippen LogP contribution < -0.4 is 0 Å². The number of nitrogens with zero attached hydrogens (tertiary/aromatic N) is 1. The summed E-state index contributed by atoms with van der Waals surface area (Å²) >= 11 is 0. The minimum absolute atomic E-state index is 0.301. The van der Waals surface area contributed by atoms with Crippen LogP contribution in [0.15, 0.2) is 73.3 Å². The number of hydrogen-bond acceptors (Lipinski definition) is 4. The smallest absolute Gasteiger partial charge is 0.163 e. The van der Waals surface area contributed by atoms with Gasteiger partial charge in [-0.2, -0.15) is 0 Å². The van der Waals surface area contributed by atoms with Crippen LogP contribution in [0.4, 0.5) is 0 Å². The van der Waals surface area contributed by atoms with E-state index >= 15 is 0 Å². The third-order valence-corrected chi connectivity index (χ3v) is 8.56. The zero-order valence-electron chi connectivity index (χ0n) is 30.8. The Morgan fingerprint density at radius 1 is 0.851 bits per heavy atom. The molecule has 1 atom stereocenters. The van der Waals surface area contributed by atoms with Crippen molar-refractivity contribution in [3.8, 4) is 11.5 Å². The molecule has 0 amide bonds. The first-order valence-electron chi connectivity index (χ1n) is 18.2. The van der Waals surface area contributed by atoms with Crippen LogP contribution in [0.5, 0.6) is 11.5 Å². The number of benzene rings is 3. The molecule has 2 N–H and O–H groups in total. The minimum Gasteiger partial charge on any atom is -0.508 e. The molecule has 1 unspecified atom stereocenters. The Labute approximate surface area is 288 Å². The lowest BCUT2D eigenvalue weighted by Crippen LogP contribution is -2.34. The molecule has 3 aromatic carbocycles. The topological polar surface area (TPSA) is 60.8 Å². The van der Waals surface area contributed by atoms with Gasteiger partial charge in [-0.3, -0.25) is 4.79 Å². The first kappa shape index (κ1) is 41.7. The second kappa shape index (κ2) is 24.8. The largest absolute Gasteiger partial charge is 0.508 e. The predicted octanol–water partition coefficient (Wildman–Crippen LogP) is 11.6. The monoisotopic (exact) mass is 643 g/mol. The zero-order valence-corrected chi connectivity index (χ0v) is 30.8. The molecular formula is C43H65NO3. The van der Waals surface area contributed by atoms with Gasteiger partial charge in [0.05, 0.1) is 0 Å². The lowest BCUT2D eigenvalue weighted by atomic mass is 9.95. The summed E-state index contributed by atoms with van der Waals surface area (Å²) in [4.78, 5) is 14.7. The van der Waals surface area contributed by atoms with Crippen molar-refractivity contribution in [2.45, 2.75) is 119 Å². The van der Waals surface area contributed by atoms with E-state index in [0.29, 0.717) is 23.7 Å². The Morgan fingerprint density at radius 2 is 1.57 bits per heavy atom. The van der Waals surface area contributed by atoms with Crippen LogP contribution in [0.25, 0.3) is 5.57 Å². The van der Waals surface area contributed by atoms with Gasteiger partial charge in [-0.25, -0.2) is 0 Å². The predicted molar refractivity (Wildman–Crippen MR) is 204 cm³/mol. The van der Waals surface area contributed by atoms with E-state index < -0.39 is 0 Å². The number of phenols is 2. The van der Waals surface area contributed by atoms with Gasteiger partial charge in [0.25, 0.3) is 0 Å². The highest BCUT2D eigenvalue weighted by Crippen LogP contribution is 2.22. The summed E-state index contributed by atoms with van der Waals surface area (Å²) < 4.78 is 0. The number of Topliss-reactive ketones (excluding diaryl/α,β-unsaturated/α-hetero) is 1. The number of likely N-dealkylation sites (tertiary alicyclic amines) is 1. The summed E-state index contributed by atoms with van der Waals surface area (Å²) in [6.07, 6.45) is 12.6. The van der Waals surface area contributed by atoms with Crippen molar-refractivity contribution < 1.29 is 15.0 Å². The van der Waals surface area contributed by atoms with Crippen molar-refractivity contribution in [3.05, 3.63) is 101 Å². The van der Waals surface area contributed by atoms with Gasteiger partial charge < -0.3 is 15.1 Å². The van der Waals surface area contributed by atoms with Crippen molar-refractivity contribution in [2.24, 2.45) is 5.92 Å². The van der Waals surface area contributed by atoms with E-state index in [9.17, 15) is 9.90 Å². The van der Waals surface area contributed by atoms with Gasteiger partial charge in [-0.15, -0.1) is 0 Å². The number of carbonyl (C=O) groups is 1. The number of rotatable bonds is 12. The SMILES string of the molecule is C=C(C)c1ccccc1O.CCC1CCCN(CC)C1.CCCCC(=O)c1cc(C)ccc1CCCC.CCCc1cccc(O)c1. The molecule has 4 rings (SSSR count). The van der Waals surface area contributed by atoms with Crippen molar-refractivity contribution in [3.63, 3.8) is 0 Å². The third-order valence-electron chi connectivity index (χ3n) is 8.56.